The van der Waals surface area contributed by atoms with E-state index in [1.165, 1.54) is 0 Å². The molecule has 2 nitrogen and oxygen atoms in total. The smallest absolute Gasteiger partial charge is 0.148 e. The predicted molar refractivity (Wildman–Crippen MR) is 45.7 cm³/mol. The summed E-state index contributed by atoms with van der Waals surface area (Å²) in [4.78, 5) is 0. The van der Waals surface area contributed by atoms with E-state index in [0.29, 0.717) is 12.8 Å². The lowest BCUT2D eigenvalue weighted by Gasteiger charge is -2.07. The van der Waals surface area contributed by atoms with Gasteiger partial charge in [-0.3, -0.25) is 0 Å². The van der Waals surface area contributed by atoms with Crippen molar-refractivity contribution >= 4 is 0 Å². The molecule has 1 aliphatic rings. The van der Waals surface area contributed by atoms with Gasteiger partial charge in [0, 0.05) is 6.42 Å². The molecule has 12 heavy (non-hydrogen) atoms. The molecule has 0 aliphatic heterocycles. The van der Waals surface area contributed by atoms with Gasteiger partial charge in [0.05, 0.1) is 12.1 Å². The first kappa shape index (κ1) is 8.56. The summed E-state index contributed by atoms with van der Waals surface area (Å²) in [7, 11) is 0. The van der Waals surface area contributed by atoms with E-state index in [0.717, 1.165) is 5.57 Å². The number of rotatable bonds is 1. The third-order valence-corrected chi connectivity index (χ3v) is 2.33. The molecular formula is C10H10N2. The van der Waals surface area contributed by atoms with Crippen LogP contribution in [0, 0.1) is 34.0 Å². The van der Waals surface area contributed by atoms with Crippen molar-refractivity contribution in [2.24, 2.45) is 11.3 Å². The van der Waals surface area contributed by atoms with Crippen molar-refractivity contribution in [1.29, 1.82) is 10.5 Å². The Morgan fingerprint density at radius 1 is 1.50 bits per heavy atom. The van der Waals surface area contributed by atoms with Gasteiger partial charge < -0.3 is 0 Å². The molecule has 0 amide bonds. The average Bonchev–Trinajstić information content (AvgIpc) is 2.43. The Hall–Kier alpha value is -1.54. The maximum Gasteiger partial charge on any atom is 0.148 e. The van der Waals surface area contributed by atoms with Crippen LogP contribution in [-0.2, 0) is 0 Å². The standard InChI is InChI=1S/C10H10N2/c1-3-9-5-10(6-11,7-12)4-8(9)2/h3,9H,1-2,4-5H2. The van der Waals surface area contributed by atoms with Crippen LogP contribution >= 0.6 is 0 Å². The van der Waals surface area contributed by atoms with E-state index >= 15 is 0 Å². The van der Waals surface area contributed by atoms with E-state index in [4.69, 9.17) is 10.5 Å². The molecule has 0 radical (unpaired) electrons. The quantitative estimate of drug-likeness (QED) is 0.549. The lowest BCUT2D eigenvalue weighted by atomic mass is 9.89. The Balaban J connectivity index is 2.93. The normalized spacial score (nSPS) is 25.8. The van der Waals surface area contributed by atoms with E-state index in [1.807, 2.05) is 0 Å². The lowest BCUT2D eigenvalue weighted by Crippen LogP contribution is -2.10. The molecule has 1 aliphatic carbocycles. The summed E-state index contributed by atoms with van der Waals surface area (Å²) in [5.41, 5.74) is 0.115. The first-order valence-corrected chi connectivity index (χ1v) is 3.80. The average molecular weight is 158 g/mol. The fourth-order valence-electron chi connectivity index (χ4n) is 1.56. The molecule has 0 aromatic rings. The van der Waals surface area contributed by atoms with Gasteiger partial charge in [0.2, 0.25) is 0 Å². The van der Waals surface area contributed by atoms with E-state index < -0.39 is 5.41 Å². The van der Waals surface area contributed by atoms with Crippen molar-refractivity contribution in [2.75, 3.05) is 0 Å². The number of allylic oxidation sites excluding steroid dienone is 2. The Kier molecular flexibility index (Phi) is 2.02. The van der Waals surface area contributed by atoms with Crippen LogP contribution in [0.3, 0.4) is 0 Å². The van der Waals surface area contributed by atoms with Gasteiger partial charge in [-0.1, -0.05) is 18.2 Å². The number of nitriles is 2. The summed E-state index contributed by atoms with van der Waals surface area (Å²) in [6.07, 6.45) is 2.82. The largest absolute Gasteiger partial charge is 0.197 e. The third kappa shape index (κ3) is 1.12. The van der Waals surface area contributed by atoms with E-state index in [1.54, 1.807) is 6.08 Å². The molecule has 0 N–H and O–H groups in total. The van der Waals surface area contributed by atoms with Gasteiger partial charge >= 0.3 is 0 Å². The van der Waals surface area contributed by atoms with Gasteiger partial charge in [-0.15, -0.1) is 6.58 Å². The molecule has 1 saturated carbocycles. The maximum absolute atomic E-state index is 8.80. The highest BCUT2D eigenvalue weighted by atomic mass is 14.5. The van der Waals surface area contributed by atoms with Gasteiger partial charge in [-0.05, 0) is 12.3 Å². The van der Waals surface area contributed by atoms with Crippen LogP contribution in [0.2, 0.25) is 0 Å². The van der Waals surface area contributed by atoms with Gasteiger partial charge in [-0.25, -0.2) is 0 Å². The molecule has 0 bridgehead atoms. The second-order valence-electron chi connectivity index (χ2n) is 3.19. The number of hydrogen-bond acceptors (Lipinski definition) is 2. The van der Waals surface area contributed by atoms with Crippen molar-refractivity contribution in [3.8, 4) is 12.1 Å². The number of nitrogens with zero attached hydrogens (tertiary/aromatic N) is 2. The van der Waals surface area contributed by atoms with Gasteiger partial charge in [0.1, 0.15) is 5.41 Å². The molecular weight excluding hydrogens is 148 g/mol. The molecule has 60 valence electrons. The summed E-state index contributed by atoms with van der Waals surface area (Å²) in [5, 5.41) is 17.6. The SMILES string of the molecule is C=CC1CC(C#N)(C#N)CC1=C. The molecule has 1 unspecified atom stereocenters. The molecule has 1 fully saturated rings. The second-order valence-corrected chi connectivity index (χ2v) is 3.19. The van der Waals surface area contributed by atoms with Crippen LogP contribution in [0.25, 0.3) is 0 Å². The minimum Gasteiger partial charge on any atom is -0.197 e. The molecule has 0 aromatic heterocycles. The summed E-state index contributed by atoms with van der Waals surface area (Å²) in [6, 6.07) is 4.10. The van der Waals surface area contributed by atoms with Crippen molar-refractivity contribution in [2.45, 2.75) is 12.8 Å². The highest BCUT2D eigenvalue weighted by Crippen LogP contribution is 2.44. The first-order valence-electron chi connectivity index (χ1n) is 3.80. The van der Waals surface area contributed by atoms with Crippen LogP contribution in [0.1, 0.15) is 12.8 Å². The minimum absolute atomic E-state index is 0.143. The Bertz CT molecular complexity index is 287. The summed E-state index contributed by atoms with van der Waals surface area (Å²) in [5.74, 6) is 0.143. The van der Waals surface area contributed by atoms with E-state index in [2.05, 4.69) is 25.3 Å². The van der Waals surface area contributed by atoms with Crippen molar-refractivity contribution in [3.05, 3.63) is 24.8 Å². The van der Waals surface area contributed by atoms with Crippen molar-refractivity contribution in [1.82, 2.24) is 0 Å². The lowest BCUT2D eigenvalue weighted by molar-refractivity contribution is 0.528. The molecule has 0 saturated heterocycles. The van der Waals surface area contributed by atoms with Crippen molar-refractivity contribution < 1.29 is 0 Å². The summed E-state index contributed by atoms with van der Waals surface area (Å²) < 4.78 is 0. The highest BCUT2D eigenvalue weighted by molar-refractivity contribution is 5.29. The number of hydrogen-bond donors (Lipinski definition) is 0. The van der Waals surface area contributed by atoms with Gasteiger partial charge in [0.15, 0.2) is 0 Å². The summed E-state index contributed by atoms with van der Waals surface area (Å²) >= 11 is 0. The Morgan fingerprint density at radius 2 is 2.08 bits per heavy atom. The zero-order valence-corrected chi connectivity index (χ0v) is 6.88. The monoisotopic (exact) mass is 158 g/mol. The second kappa shape index (κ2) is 2.83. The predicted octanol–water partition coefficient (Wildman–Crippen LogP) is 2.17. The fraction of sp³-hybridized carbons (Fsp3) is 0.400. The van der Waals surface area contributed by atoms with E-state index in [9.17, 15) is 0 Å². The maximum atomic E-state index is 8.80. The first-order chi connectivity index (χ1) is 5.67. The van der Waals surface area contributed by atoms with Crippen LogP contribution in [0.4, 0.5) is 0 Å². The van der Waals surface area contributed by atoms with Crippen molar-refractivity contribution in [3.63, 3.8) is 0 Å². The van der Waals surface area contributed by atoms with E-state index in [-0.39, 0.29) is 5.92 Å². The molecule has 2 heteroatoms. The summed E-state index contributed by atoms with van der Waals surface area (Å²) in [6.45, 7) is 7.47. The fourth-order valence-corrected chi connectivity index (χ4v) is 1.56. The molecule has 1 atom stereocenters. The van der Waals surface area contributed by atoms with Gasteiger partial charge in [0.25, 0.3) is 0 Å². The molecule has 0 aromatic carbocycles. The molecule has 0 heterocycles. The van der Waals surface area contributed by atoms with Crippen LogP contribution in [0.15, 0.2) is 24.8 Å². The van der Waals surface area contributed by atoms with Gasteiger partial charge in [-0.2, -0.15) is 10.5 Å². The third-order valence-electron chi connectivity index (χ3n) is 2.33. The van der Waals surface area contributed by atoms with Crippen LogP contribution < -0.4 is 0 Å². The minimum atomic E-state index is -0.837. The zero-order chi connectivity index (χ0) is 9.19. The Morgan fingerprint density at radius 3 is 2.33 bits per heavy atom. The topological polar surface area (TPSA) is 47.6 Å². The zero-order valence-electron chi connectivity index (χ0n) is 6.88. The highest BCUT2D eigenvalue weighted by Gasteiger charge is 2.40. The molecule has 0 spiro atoms. The van der Waals surface area contributed by atoms with Crippen LogP contribution in [-0.4, -0.2) is 0 Å². The van der Waals surface area contributed by atoms with Crippen LogP contribution in [0.5, 0.6) is 0 Å². The Labute approximate surface area is 72.4 Å². The molecule has 1 rings (SSSR count).